The van der Waals surface area contributed by atoms with Gasteiger partial charge in [0.25, 0.3) is 0 Å². The molecule has 5 nitrogen and oxygen atoms in total. The fraction of sp³-hybridized carbons (Fsp3) is 0.783. The van der Waals surface area contributed by atoms with Crippen LogP contribution in [0.15, 0.2) is 11.6 Å². The average molecular weight is 389 g/mol. The number of fused-ring (bicyclic) bond motifs is 5. The van der Waals surface area contributed by atoms with E-state index in [0.717, 1.165) is 38.5 Å². The second-order valence-electron chi connectivity index (χ2n) is 9.92. The lowest BCUT2D eigenvalue weighted by atomic mass is 9.47. The van der Waals surface area contributed by atoms with Crippen LogP contribution in [0.3, 0.4) is 0 Å². The van der Waals surface area contributed by atoms with Crippen LogP contribution in [0.5, 0.6) is 0 Å². The summed E-state index contributed by atoms with van der Waals surface area (Å²) in [5, 5.41) is 0. The largest absolute Gasteiger partial charge is 0.462 e. The van der Waals surface area contributed by atoms with Crippen molar-refractivity contribution in [3.8, 4) is 0 Å². The highest BCUT2D eigenvalue weighted by molar-refractivity contribution is 5.94. The highest BCUT2D eigenvalue weighted by Gasteiger charge is 2.61. The molecule has 28 heavy (non-hydrogen) atoms. The van der Waals surface area contributed by atoms with Crippen LogP contribution >= 0.6 is 0 Å². The SMILES string of the molecule is CC(=O)O[C@H]1CC[C@@]2(C)C(=CC(=O)[C@@H]3[C@H]4CC[C@@H](OC(C)=O)[C@]4(C)CC[C@H]32)C1. The lowest BCUT2D eigenvalue weighted by molar-refractivity contribution is -0.158. The lowest BCUT2D eigenvalue weighted by Crippen LogP contribution is -2.54. The fourth-order valence-electron chi connectivity index (χ4n) is 7.05. The molecule has 0 bridgehead atoms. The molecule has 0 heterocycles. The summed E-state index contributed by atoms with van der Waals surface area (Å²) in [6, 6.07) is 0. The van der Waals surface area contributed by atoms with Gasteiger partial charge >= 0.3 is 11.9 Å². The lowest BCUT2D eigenvalue weighted by Gasteiger charge is -2.56. The summed E-state index contributed by atoms with van der Waals surface area (Å²) < 4.78 is 11.1. The van der Waals surface area contributed by atoms with Crippen molar-refractivity contribution in [3.63, 3.8) is 0 Å². The van der Waals surface area contributed by atoms with Gasteiger partial charge in [0.1, 0.15) is 12.2 Å². The maximum atomic E-state index is 13.3. The predicted octanol–water partition coefficient (Wildman–Crippen LogP) is 3.99. The van der Waals surface area contributed by atoms with Gasteiger partial charge in [-0.2, -0.15) is 0 Å². The Kier molecular flexibility index (Phi) is 4.71. The van der Waals surface area contributed by atoms with E-state index in [-0.39, 0.29) is 52.6 Å². The molecule has 0 amide bonds. The summed E-state index contributed by atoms with van der Waals surface area (Å²) in [5.41, 5.74) is 1.09. The summed E-state index contributed by atoms with van der Waals surface area (Å²) in [6.07, 6.45) is 8.02. The molecule has 0 saturated heterocycles. The molecular formula is C23H32O5. The van der Waals surface area contributed by atoms with Gasteiger partial charge in [-0.05, 0) is 61.9 Å². The van der Waals surface area contributed by atoms with Crippen LogP contribution in [-0.4, -0.2) is 29.9 Å². The molecular weight excluding hydrogens is 356 g/mol. The number of hydrogen-bond donors (Lipinski definition) is 0. The Bertz CT molecular complexity index is 739. The summed E-state index contributed by atoms with van der Waals surface area (Å²) in [7, 11) is 0. The average Bonchev–Trinajstić information content (AvgIpc) is 2.92. The third kappa shape index (κ3) is 2.93. The van der Waals surface area contributed by atoms with E-state index < -0.39 is 0 Å². The van der Waals surface area contributed by atoms with E-state index in [0.29, 0.717) is 12.3 Å². The van der Waals surface area contributed by atoms with Gasteiger partial charge in [0.15, 0.2) is 5.78 Å². The minimum Gasteiger partial charge on any atom is -0.462 e. The Morgan fingerprint density at radius 1 is 0.964 bits per heavy atom. The van der Waals surface area contributed by atoms with Crippen LogP contribution < -0.4 is 0 Å². The maximum absolute atomic E-state index is 13.3. The third-order valence-electron chi connectivity index (χ3n) is 8.45. The zero-order valence-electron chi connectivity index (χ0n) is 17.5. The van der Waals surface area contributed by atoms with Gasteiger partial charge in [0.05, 0.1) is 0 Å². The van der Waals surface area contributed by atoms with Crippen LogP contribution in [0.4, 0.5) is 0 Å². The van der Waals surface area contributed by atoms with Crippen LogP contribution in [0.1, 0.15) is 72.6 Å². The van der Waals surface area contributed by atoms with E-state index in [1.165, 1.54) is 19.4 Å². The molecule has 0 aliphatic heterocycles. The minimum absolute atomic E-state index is 0.01000. The van der Waals surface area contributed by atoms with Gasteiger partial charge in [-0.3, -0.25) is 14.4 Å². The molecule has 0 aromatic rings. The van der Waals surface area contributed by atoms with Crippen LogP contribution in [0.2, 0.25) is 0 Å². The van der Waals surface area contributed by atoms with Crippen LogP contribution in [0.25, 0.3) is 0 Å². The number of ketones is 1. The number of esters is 2. The Morgan fingerprint density at radius 3 is 2.36 bits per heavy atom. The zero-order valence-corrected chi connectivity index (χ0v) is 17.5. The van der Waals surface area contributed by atoms with Crippen LogP contribution in [-0.2, 0) is 23.9 Å². The molecule has 154 valence electrons. The molecule has 0 spiro atoms. The molecule has 0 aromatic heterocycles. The topological polar surface area (TPSA) is 69.7 Å². The van der Waals surface area contributed by atoms with E-state index in [2.05, 4.69) is 13.8 Å². The maximum Gasteiger partial charge on any atom is 0.302 e. The number of allylic oxidation sites excluding steroid dienone is 1. The molecule has 4 aliphatic carbocycles. The van der Waals surface area contributed by atoms with Gasteiger partial charge in [0.2, 0.25) is 0 Å². The zero-order chi connectivity index (χ0) is 20.3. The summed E-state index contributed by atoms with van der Waals surface area (Å²) in [5.74, 6) is 0.419. The molecule has 3 fully saturated rings. The van der Waals surface area contributed by atoms with E-state index in [1.54, 1.807) is 0 Å². The van der Waals surface area contributed by atoms with Gasteiger partial charge < -0.3 is 9.47 Å². The Balaban J connectivity index is 1.62. The number of hydrogen-bond acceptors (Lipinski definition) is 5. The third-order valence-corrected chi connectivity index (χ3v) is 8.45. The number of ether oxygens (including phenoxy) is 2. The first-order valence-corrected chi connectivity index (χ1v) is 10.7. The summed E-state index contributed by atoms with van der Waals surface area (Å²) in [4.78, 5) is 36.2. The monoisotopic (exact) mass is 388 g/mol. The molecule has 0 radical (unpaired) electrons. The summed E-state index contributed by atoms with van der Waals surface area (Å²) in [6.45, 7) is 7.46. The first-order chi connectivity index (χ1) is 13.1. The summed E-state index contributed by atoms with van der Waals surface area (Å²) >= 11 is 0. The van der Waals surface area contributed by atoms with Gasteiger partial charge in [-0.15, -0.1) is 0 Å². The van der Waals surface area contributed by atoms with E-state index in [4.69, 9.17) is 9.47 Å². The van der Waals surface area contributed by atoms with E-state index in [1.807, 2.05) is 6.08 Å². The highest BCUT2D eigenvalue weighted by atomic mass is 16.5. The van der Waals surface area contributed by atoms with Crippen molar-refractivity contribution in [1.29, 1.82) is 0 Å². The molecule has 0 N–H and O–H groups in total. The highest BCUT2D eigenvalue weighted by Crippen LogP contribution is 2.64. The Morgan fingerprint density at radius 2 is 1.68 bits per heavy atom. The van der Waals surface area contributed by atoms with E-state index >= 15 is 0 Å². The molecule has 0 aromatic carbocycles. The van der Waals surface area contributed by atoms with Gasteiger partial charge in [-0.1, -0.05) is 19.4 Å². The number of carbonyl (C=O) groups is 3. The van der Waals surface area contributed by atoms with E-state index in [9.17, 15) is 14.4 Å². The first kappa shape index (κ1) is 19.7. The number of carbonyl (C=O) groups excluding carboxylic acids is 3. The van der Waals surface area contributed by atoms with Crippen molar-refractivity contribution < 1.29 is 23.9 Å². The molecule has 0 unspecified atom stereocenters. The number of rotatable bonds is 2. The fourth-order valence-corrected chi connectivity index (χ4v) is 7.05. The Hall–Kier alpha value is -1.65. The predicted molar refractivity (Wildman–Crippen MR) is 103 cm³/mol. The normalized spacial score (nSPS) is 44.6. The van der Waals surface area contributed by atoms with Crippen molar-refractivity contribution in [2.24, 2.45) is 28.6 Å². The van der Waals surface area contributed by atoms with Gasteiger partial charge in [0, 0.05) is 31.6 Å². The van der Waals surface area contributed by atoms with Crippen LogP contribution in [0, 0.1) is 28.6 Å². The second-order valence-corrected chi connectivity index (χ2v) is 9.92. The minimum atomic E-state index is -0.245. The Labute approximate surface area is 167 Å². The second kappa shape index (κ2) is 6.70. The van der Waals surface area contributed by atoms with Crippen molar-refractivity contribution in [3.05, 3.63) is 11.6 Å². The van der Waals surface area contributed by atoms with Crippen molar-refractivity contribution in [2.75, 3.05) is 0 Å². The molecule has 4 aliphatic rings. The van der Waals surface area contributed by atoms with Crippen molar-refractivity contribution >= 4 is 17.7 Å². The first-order valence-electron chi connectivity index (χ1n) is 10.7. The molecule has 5 heteroatoms. The smallest absolute Gasteiger partial charge is 0.302 e. The van der Waals surface area contributed by atoms with Gasteiger partial charge in [-0.25, -0.2) is 0 Å². The van der Waals surface area contributed by atoms with Crippen molar-refractivity contribution in [1.82, 2.24) is 0 Å². The molecule has 4 rings (SSSR count). The van der Waals surface area contributed by atoms with Crippen molar-refractivity contribution in [2.45, 2.75) is 84.8 Å². The quantitative estimate of drug-likeness (QED) is 0.669. The molecule has 7 atom stereocenters. The standard InChI is InChI=1S/C23H32O5/c1-13(24)27-16-7-9-22(3)15(11-16)12-19(26)21-17-5-6-20(28-14(2)25)23(17,4)10-8-18(21)22/h12,16-18,20-21H,5-11H2,1-4H3/t16-,17+,18+,20+,21+,22-,23+/m0/s1. The molecule has 3 saturated carbocycles.